The minimum Gasteiger partial charge on any atom is -0.465 e. The van der Waals surface area contributed by atoms with Gasteiger partial charge in [0.1, 0.15) is 0 Å². The van der Waals surface area contributed by atoms with Crippen LogP contribution in [0.2, 0.25) is 0 Å². The molecule has 1 rings (SSSR count). The van der Waals surface area contributed by atoms with Gasteiger partial charge in [-0.3, -0.25) is 4.98 Å². The van der Waals surface area contributed by atoms with Gasteiger partial charge in [0.2, 0.25) is 0 Å². The molecule has 0 bridgehead atoms. The molecule has 0 N–H and O–H groups in total. The van der Waals surface area contributed by atoms with E-state index in [1.54, 1.807) is 0 Å². The minimum atomic E-state index is -4.59. The van der Waals surface area contributed by atoms with Crippen molar-refractivity contribution in [1.82, 2.24) is 4.98 Å². The number of hydrogen-bond donors (Lipinski definition) is 0. The molecule has 1 heterocycles. The molecular formula is C8H5F3INO2. The van der Waals surface area contributed by atoms with Crippen molar-refractivity contribution in [3.63, 3.8) is 0 Å². The van der Waals surface area contributed by atoms with Crippen molar-refractivity contribution >= 4 is 28.6 Å². The van der Waals surface area contributed by atoms with Gasteiger partial charge in [0.25, 0.3) is 0 Å². The van der Waals surface area contributed by atoms with Crippen LogP contribution in [-0.2, 0) is 10.9 Å². The highest BCUT2D eigenvalue weighted by Crippen LogP contribution is 2.35. The molecule has 0 aliphatic carbocycles. The Morgan fingerprint density at radius 1 is 1.47 bits per heavy atom. The van der Waals surface area contributed by atoms with E-state index in [9.17, 15) is 18.0 Å². The molecule has 0 aliphatic rings. The molecule has 0 amide bonds. The molecule has 0 saturated carbocycles. The number of esters is 1. The maximum absolute atomic E-state index is 12.6. The summed E-state index contributed by atoms with van der Waals surface area (Å²) in [4.78, 5) is 14.6. The molecule has 0 fully saturated rings. The molecule has 15 heavy (non-hydrogen) atoms. The van der Waals surface area contributed by atoms with E-state index in [1.165, 1.54) is 22.6 Å². The number of rotatable bonds is 1. The quantitative estimate of drug-likeness (QED) is 0.586. The van der Waals surface area contributed by atoms with Gasteiger partial charge in [0.05, 0.1) is 18.2 Å². The molecule has 0 aliphatic heterocycles. The summed E-state index contributed by atoms with van der Waals surface area (Å²) in [7, 11) is 1.02. The fourth-order valence-corrected chi connectivity index (χ4v) is 1.74. The first-order valence-electron chi connectivity index (χ1n) is 3.67. The van der Waals surface area contributed by atoms with Crippen molar-refractivity contribution in [2.75, 3.05) is 7.11 Å². The van der Waals surface area contributed by atoms with Crippen LogP contribution in [0.15, 0.2) is 12.4 Å². The van der Waals surface area contributed by atoms with E-state index in [0.717, 1.165) is 19.5 Å². The van der Waals surface area contributed by atoms with Gasteiger partial charge >= 0.3 is 12.1 Å². The number of hydrogen-bond acceptors (Lipinski definition) is 3. The van der Waals surface area contributed by atoms with Crippen LogP contribution in [0, 0.1) is 3.57 Å². The Hall–Kier alpha value is -0.860. The second-order valence-electron chi connectivity index (χ2n) is 2.53. The van der Waals surface area contributed by atoms with Crippen molar-refractivity contribution in [2.45, 2.75) is 6.18 Å². The van der Waals surface area contributed by atoms with Crippen LogP contribution in [0.5, 0.6) is 0 Å². The Morgan fingerprint density at radius 3 is 2.53 bits per heavy atom. The molecular weight excluding hydrogens is 326 g/mol. The second kappa shape index (κ2) is 4.33. The monoisotopic (exact) mass is 331 g/mol. The van der Waals surface area contributed by atoms with Crippen LogP contribution in [0.25, 0.3) is 0 Å². The number of methoxy groups -OCH3 is 1. The largest absolute Gasteiger partial charge is 0.465 e. The van der Waals surface area contributed by atoms with Crippen LogP contribution < -0.4 is 0 Å². The first kappa shape index (κ1) is 12.2. The first-order valence-corrected chi connectivity index (χ1v) is 4.74. The molecule has 0 saturated heterocycles. The summed E-state index contributed by atoms with van der Waals surface area (Å²) in [5.41, 5.74) is -1.58. The zero-order chi connectivity index (χ0) is 11.6. The molecule has 0 radical (unpaired) electrons. The van der Waals surface area contributed by atoms with E-state index in [2.05, 4.69) is 9.72 Å². The van der Waals surface area contributed by atoms with Gasteiger partial charge in [0, 0.05) is 16.0 Å². The van der Waals surface area contributed by atoms with E-state index in [-0.39, 0.29) is 3.57 Å². The SMILES string of the molecule is COC(=O)c1cncc(I)c1C(F)(F)F. The van der Waals surface area contributed by atoms with Gasteiger partial charge in [-0.25, -0.2) is 4.79 Å². The van der Waals surface area contributed by atoms with E-state index in [1.807, 2.05) is 0 Å². The van der Waals surface area contributed by atoms with Crippen molar-refractivity contribution in [3.05, 3.63) is 27.1 Å². The summed E-state index contributed by atoms with van der Waals surface area (Å²) in [5, 5.41) is 0. The van der Waals surface area contributed by atoms with Gasteiger partial charge in [0.15, 0.2) is 0 Å². The molecule has 0 unspecified atom stereocenters. The predicted octanol–water partition coefficient (Wildman–Crippen LogP) is 2.49. The number of pyridine rings is 1. The average molecular weight is 331 g/mol. The van der Waals surface area contributed by atoms with Crippen LogP contribution in [0.4, 0.5) is 13.2 Å². The van der Waals surface area contributed by atoms with Crippen molar-refractivity contribution in [1.29, 1.82) is 0 Å². The number of nitrogens with zero attached hydrogens (tertiary/aromatic N) is 1. The van der Waals surface area contributed by atoms with Crippen LogP contribution in [0.1, 0.15) is 15.9 Å². The fourth-order valence-electron chi connectivity index (χ4n) is 0.988. The van der Waals surface area contributed by atoms with Crippen LogP contribution in [-0.4, -0.2) is 18.1 Å². The van der Waals surface area contributed by atoms with Crippen molar-refractivity contribution in [3.8, 4) is 0 Å². The third-order valence-electron chi connectivity index (χ3n) is 1.59. The Bertz CT molecular complexity index is 392. The smallest absolute Gasteiger partial charge is 0.418 e. The molecule has 1 aromatic heterocycles. The van der Waals surface area contributed by atoms with Crippen LogP contribution >= 0.6 is 22.6 Å². The Morgan fingerprint density at radius 2 is 2.07 bits per heavy atom. The summed E-state index contributed by atoms with van der Waals surface area (Å²) >= 11 is 1.47. The molecule has 0 atom stereocenters. The third kappa shape index (κ3) is 2.58. The average Bonchev–Trinajstić information content (AvgIpc) is 2.14. The highest BCUT2D eigenvalue weighted by molar-refractivity contribution is 14.1. The zero-order valence-electron chi connectivity index (χ0n) is 7.43. The lowest BCUT2D eigenvalue weighted by atomic mass is 10.1. The summed E-state index contributed by atoms with van der Waals surface area (Å²) in [6.07, 6.45) is -2.71. The van der Waals surface area contributed by atoms with Crippen LogP contribution in [0.3, 0.4) is 0 Å². The lowest BCUT2D eigenvalue weighted by Gasteiger charge is -2.12. The van der Waals surface area contributed by atoms with E-state index < -0.39 is 23.3 Å². The third-order valence-corrected chi connectivity index (χ3v) is 2.41. The minimum absolute atomic E-state index is 0.136. The Kier molecular flexibility index (Phi) is 3.53. The van der Waals surface area contributed by atoms with Gasteiger partial charge in [-0.2, -0.15) is 13.2 Å². The van der Waals surface area contributed by atoms with Gasteiger partial charge in [-0.1, -0.05) is 0 Å². The summed E-state index contributed by atoms with van der Waals surface area (Å²) < 4.78 is 41.8. The molecule has 0 spiro atoms. The van der Waals surface area contributed by atoms with Gasteiger partial charge in [-0.05, 0) is 22.6 Å². The second-order valence-corrected chi connectivity index (χ2v) is 3.70. The molecule has 3 nitrogen and oxygen atoms in total. The Labute approximate surface area is 96.8 Å². The van der Waals surface area contributed by atoms with Crippen molar-refractivity contribution in [2.24, 2.45) is 0 Å². The number of carbonyl (C=O) groups is 1. The number of carbonyl (C=O) groups excluding carboxylic acids is 1. The normalized spacial score (nSPS) is 11.3. The fraction of sp³-hybridized carbons (Fsp3) is 0.250. The van der Waals surface area contributed by atoms with Crippen molar-refractivity contribution < 1.29 is 22.7 Å². The van der Waals surface area contributed by atoms with Gasteiger partial charge < -0.3 is 4.74 Å². The molecule has 1 aromatic rings. The highest BCUT2D eigenvalue weighted by atomic mass is 127. The van der Waals surface area contributed by atoms with E-state index >= 15 is 0 Å². The maximum Gasteiger partial charge on any atom is 0.418 e. The maximum atomic E-state index is 12.6. The zero-order valence-corrected chi connectivity index (χ0v) is 9.59. The topological polar surface area (TPSA) is 39.2 Å². The molecule has 82 valence electrons. The molecule has 7 heteroatoms. The van der Waals surface area contributed by atoms with E-state index in [4.69, 9.17) is 0 Å². The lowest BCUT2D eigenvalue weighted by molar-refractivity contribution is -0.138. The standard InChI is InChI=1S/C8H5F3INO2/c1-15-7(14)4-2-13-3-5(12)6(4)8(9,10)11/h2-3H,1H3. The number of aromatic nitrogens is 1. The first-order chi connectivity index (χ1) is 6.88. The Balaban J connectivity index is 3.40. The lowest BCUT2D eigenvalue weighted by Crippen LogP contribution is -2.16. The number of ether oxygens (including phenoxy) is 1. The summed E-state index contributed by atoms with van der Waals surface area (Å²) in [6.45, 7) is 0. The highest BCUT2D eigenvalue weighted by Gasteiger charge is 2.38. The van der Waals surface area contributed by atoms with E-state index in [0.29, 0.717) is 0 Å². The number of alkyl halides is 3. The summed E-state index contributed by atoms with van der Waals surface area (Å²) in [5.74, 6) is -1.05. The van der Waals surface area contributed by atoms with Gasteiger partial charge in [-0.15, -0.1) is 0 Å². The number of halogens is 4. The summed E-state index contributed by atoms with van der Waals surface area (Å²) in [6, 6.07) is 0. The molecule has 0 aromatic carbocycles. The predicted molar refractivity (Wildman–Crippen MR) is 53.3 cm³/mol.